The van der Waals surface area contributed by atoms with Gasteiger partial charge in [0.05, 0.1) is 11.3 Å². The Morgan fingerprint density at radius 1 is 1.44 bits per heavy atom. The maximum absolute atomic E-state index is 13.2. The van der Waals surface area contributed by atoms with E-state index in [1.165, 1.54) is 23.5 Å². The molecule has 2 N–H and O–H groups in total. The smallest absolute Gasteiger partial charge is 0.338 e. The molecular weight excluding hydrogens is 321 g/mol. The van der Waals surface area contributed by atoms with Gasteiger partial charge >= 0.3 is 5.97 Å². The molecule has 94 valence electrons. The quantitative estimate of drug-likeness (QED) is 0.691. The molecule has 0 fully saturated rings. The fraction of sp³-hybridized carbons (Fsp3) is 0.0833. The fourth-order valence-electron chi connectivity index (χ4n) is 1.30. The summed E-state index contributed by atoms with van der Waals surface area (Å²) >= 11 is 4.78. The molecule has 1 heterocycles. The number of hydrogen-bond donors (Lipinski definition) is 1. The number of carbonyl (C=O) groups is 1. The van der Waals surface area contributed by atoms with Gasteiger partial charge in [0.1, 0.15) is 12.4 Å². The lowest BCUT2D eigenvalue weighted by molar-refractivity contribution is 0.0476. The van der Waals surface area contributed by atoms with Crippen LogP contribution in [0.1, 0.15) is 15.2 Å². The molecule has 1 aromatic carbocycles. The molecule has 0 aliphatic heterocycles. The van der Waals surface area contributed by atoms with E-state index < -0.39 is 11.8 Å². The molecule has 0 spiro atoms. The Kier molecular flexibility index (Phi) is 3.98. The molecule has 0 amide bonds. The average molecular weight is 330 g/mol. The SMILES string of the molecule is Nc1ccc(C(=O)OCc2cc(Br)cs2)cc1F. The van der Waals surface area contributed by atoms with Crippen molar-refractivity contribution in [2.45, 2.75) is 6.61 Å². The van der Waals surface area contributed by atoms with Crippen molar-refractivity contribution in [1.82, 2.24) is 0 Å². The highest BCUT2D eigenvalue weighted by atomic mass is 79.9. The highest BCUT2D eigenvalue weighted by Crippen LogP contribution is 2.21. The lowest BCUT2D eigenvalue weighted by atomic mass is 10.2. The van der Waals surface area contributed by atoms with Crippen LogP contribution < -0.4 is 5.73 Å². The minimum Gasteiger partial charge on any atom is -0.456 e. The number of esters is 1. The molecule has 1 aromatic heterocycles. The lowest BCUT2D eigenvalue weighted by Gasteiger charge is -2.04. The first kappa shape index (κ1) is 13.0. The van der Waals surface area contributed by atoms with Gasteiger partial charge < -0.3 is 10.5 Å². The molecule has 18 heavy (non-hydrogen) atoms. The molecule has 3 nitrogen and oxygen atoms in total. The van der Waals surface area contributed by atoms with E-state index in [4.69, 9.17) is 10.5 Å². The number of rotatable bonds is 3. The first-order chi connectivity index (χ1) is 8.56. The summed E-state index contributed by atoms with van der Waals surface area (Å²) in [6.45, 7) is 0.168. The van der Waals surface area contributed by atoms with E-state index in [0.717, 1.165) is 15.4 Å². The van der Waals surface area contributed by atoms with Crippen molar-refractivity contribution in [2.24, 2.45) is 0 Å². The van der Waals surface area contributed by atoms with Crippen LogP contribution in [-0.4, -0.2) is 5.97 Å². The average Bonchev–Trinajstić information content (AvgIpc) is 2.75. The van der Waals surface area contributed by atoms with Crippen LogP contribution in [0, 0.1) is 5.82 Å². The summed E-state index contributed by atoms with van der Waals surface area (Å²) < 4.78 is 19.2. The van der Waals surface area contributed by atoms with Gasteiger partial charge in [0.25, 0.3) is 0 Å². The number of halogens is 2. The second-order valence-corrected chi connectivity index (χ2v) is 5.46. The van der Waals surface area contributed by atoms with Gasteiger partial charge in [-0.3, -0.25) is 0 Å². The van der Waals surface area contributed by atoms with Crippen molar-refractivity contribution in [3.8, 4) is 0 Å². The van der Waals surface area contributed by atoms with E-state index in [9.17, 15) is 9.18 Å². The maximum Gasteiger partial charge on any atom is 0.338 e. The third-order valence-corrected chi connectivity index (χ3v) is 3.87. The second-order valence-electron chi connectivity index (χ2n) is 3.54. The minimum absolute atomic E-state index is 0.00809. The van der Waals surface area contributed by atoms with Crippen LogP contribution in [0.4, 0.5) is 10.1 Å². The molecule has 0 unspecified atom stereocenters. The summed E-state index contributed by atoms with van der Waals surface area (Å²) in [6.07, 6.45) is 0. The molecule has 2 rings (SSSR count). The summed E-state index contributed by atoms with van der Waals surface area (Å²) in [4.78, 5) is 12.6. The van der Waals surface area contributed by atoms with Gasteiger partial charge in [-0.1, -0.05) is 0 Å². The molecule has 0 radical (unpaired) electrons. The van der Waals surface area contributed by atoms with Crippen molar-refractivity contribution in [1.29, 1.82) is 0 Å². The molecule has 0 saturated heterocycles. The number of ether oxygens (including phenoxy) is 1. The second kappa shape index (κ2) is 5.49. The van der Waals surface area contributed by atoms with E-state index >= 15 is 0 Å². The molecule has 0 aliphatic carbocycles. The van der Waals surface area contributed by atoms with Crippen molar-refractivity contribution < 1.29 is 13.9 Å². The predicted octanol–water partition coefficient (Wildman–Crippen LogP) is 3.59. The highest BCUT2D eigenvalue weighted by Gasteiger charge is 2.10. The first-order valence-corrected chi connectivity index (χ1v) is 6.68. The van der Waals surface area contributed by atoms with E-state index in [2.05, 4.69) is 15.9 Å². The first-order valence-electron chi connectivity index (χ1n) is 5.01. The van der Waals surface area contributed by atoms with Crippen LogP contribution >= 0.6 is 27.3 Å². The Morgan fingerprint density at radius 3 is 2.83 bits per heavy atom. The zero-order valence-corrected chi connectivity index (χ0v) is 11.6. The normalized spacial score (nSPS) is 10.3. The monoisotopic (exact) mass is 329 g/mol. The van der Waals surface area contributed by atoms with Gasteiger partial charge in [0, 0.05) is 14.7 Å². The van der Waals surface area contributed by atoms with Crippen LogP contribution in [0.15, 0.2) is 34.1 Å². The number of thiophene rings is 1. The largest absolute Gasteiger partial charge is 0.456 e. The minimum atomic E-state index is -0.622. The van der Waals surface area contributed by atoms with E-state index in [1.54, 1.807) is 0 Å². The van der Waals surface area contributed by atoms with Gasteiger partial charge in [-0.15, -0.1) is 11.3 Å². The van der Waals surface area contributed by atoms with Crippen LogP contribution in [0.5, 0.6) is 0 Å². The Bertz CT molecular complexity index is 585. The van der Waals surface area contributed by atoms with Crippen LogP contribution in [0.2, 0.25) is 0 Å². The van der Waals surface area contributed by atoms with Gasteiger partial charge in [0.2, 0.25) is 0 Å². The number of anilines is 1. The molecule has 0 atom stereocenters. The summed E-state index contributed by atoms with van der Waals surface area (Å²) in [6, 6.07) is 5.71. The van der Waals surface area contributed by atoms with Crippen molar-refractivity contribution in [3.63, 3.8) is 0 Å². The molecule has 0 bridgehead atoms. The predicted molar refractivity (Wildman–Crippen MR) is 72.0 cm³/mol. The number of hydrogen-bond acceptors (Lipinski definition) is 4. The third-order valence-electron chi connectivity index (χ3n) is 2.20. The Morgan fingerprint density at radius 2 is 2.22 bits per heavy atom. The van der Waals surface area contributed by atoms with Crippen molar-refractivity contribution in [2.75, 3.05) is 5.73 Å². The summed E-state index contributed by atoms with van der Waals surface area (Å²) in [5.74, 6) is -1.19. The Hall–Kier alpha value is -1.40. The van der Waals surface area contributed by atoms with Crippen LogP contribution in [-0.2, 0) is 11.3 Å². The maximum atomic E-state index is 13.2. The zero-order valence-electron chi connectivity index (χ0n) is 9.15. The molecule has 2 aromatic rings. The van der Waals surface area contributed by atoms with E-state index in [0.29, 0.717) is 0 Å². The highest BCUT2D eigenvalue weighted by molar-refractivity contribution is 9.10. The number of nitrogens with two attached hydrogens (primary N) is 1. The van der Waals surface area contributed by atoms with Gasteiger partial charge in [0.15, 0.2) is 0 Å². The summed E-state index contributed by atoms with van der Waals surface area (Å²) in [5.41, 5.74) is 5.48. The fourth-order valence-corrected chi connectivity index (χ4v) is 2.67. The zero-order chi connectivity index (χ0) is 13.1. The van der Waals surface area contributed by atoms with Crippen molar-refractivity contribution >= 4 is 38.9 Å². The number of nitrogen functional groups attached to an aromatic ring is 1. The Labute approximate surface area is 116 Å². The molecular formula is C12H9BrFNO2S. The lowest BCUT2D eigenvalue weighted by Crippen LogP contribution is -2.05. The Balaban J connectivity index is 2.01. The van der Waals surface area contributed by atoms with Gasteiger partial charge in [-0.2, -0.15) is 0 Å². The number of carbonyl (C=O) groups excluding carboxylic acids is 1. The summed E-state index contributed by atoms with van der Waals surface area (Å²) in [7, 11) is 0. The molecule has 0 aliphatic rings. The molecule has 0 saturated carbocycles. The summed E-state index contributed by atoms with van der Waals surface area (Å²) in [5, 5.41) is 1.89. The topological polar surface area (TPSA) is 52.3 Å². The standard InChI is InChI=1S/C12H9BrFNO2S/c13-8-4-9(18-6-8)5-17-12(16)7-1-2-11(15)10(14)3-7/h1-4,6H,5,15H2. The third kappa shape index (κ3) is 3.08. The van der Waals surface area contributed by atoms with Crippen molar-refractivity contribution in [3.05, 3.63) is 50.4 Å². The number of benzene rings is 1. The van der Waals surface area contributed by atoms with E-state index in [1.807, 2.05) is 11.4 Å². The van der Waals surface area contributed by atoms with Gasteiger partial charge in [-0.05, 0) is 40.2 Å². The van der Waals surface area contributed by atoms with Gasteiger partial charge in [-0.25, -0.2) is 9.18 Å². The van der Waals surface area contributed by atoms with E-state index in [-0.39, 0.29) is 17.9 Å². The van der Waals surface area contributed by atoms with Crippen LogP contribution in [0.3, 0.4) is 0 Å². The molecule has 6 heteroatoms. The van der Waals surface area contributed by atoms with Crippen LogP contribution in [0.25, 0.3) is 0 Å².